The fourth-order valence-corrected chi connectivity index (χ4v) is 3.95. The van der Waals surface area contributed by atoms with Gasteiger partial charge in [-0.05, 0) is 69.5 Å². The highest BCUT2D eigenvalue weighted by molar-refractivity contribution is 6.11. The molecule has 0 saturated carbocycles. The van der Waals surface area contributed by atoms with Gasteiger partial charge in [-0.3, -0.25) is 9.98 Å². The highest BCUT2D eigenvalue weighted by atomic mass is 14.8. The minimum Gasteiger partial charge on any atom is -0.316 e. The van der Waals surface area contributed by atoms with Gasteiger partial charge >= 0.3 is 0 Å². The van der Waals surface area contributed by atoms with Gasteiger partial charge in [-0.2, -0.15) is 0 Å². The average molecular weight is 538 g/mol. The fourth-order valence-electron chi connectivity index (χ4n) is 3.95. The predicted molar refractivity (Wildman–Crippen MR) is 184 cm³/mol. The van der Waals surface area contributed by atoms with Crippen molar-refractivity contribution < 1.29 is 0 Å². The van der Waals surface area contributed by atoms with Crippen LogP contribution < -0.4 is 5.32 Å². The van der Waals surface area contributed by atoms with E-state index in [1.54, 1.807) is 7.05 Å². The van der Waals surface area contributed by atoms with Crippen LogP contribution in [-0.2, 0) is 0 Å². The Labute approximate surface area is 244 Å². The molecule has 0 aliphatic rings. The number of nitrogens with one attached hydrogen (secondary N) is 1. The Bertz CT molecular complexity index is 894. The van der Waals surface area contributed by atoms with E-state index in [2.05, 4.69) is 74.9 Å². The van der Waals surface area contributed by atoms with Crippen molar-refractivity contribution in [2.45, 2.75) is 108 Å². The number of aliphatic imine (C=N–C) groups is 2. The van der Waals surface area contributed by atoms with E-state index in [-0.39, 0.29) is 0 Å². The van der Waals surface area contributed by atoms with Gasteiger partial charge < -0.3 is 5.32 Å². The molecule has 1 aromatic carbocycles. The van der Waals surface area contributed by atoms with Crippen LogP contribution in [0.1, 0.15) is 119 Å². The van der Waals surface area contributed by atoms with Gasteiger partial charge in [0.2, 0.25) is 0 Å². The van der Waals surface area contributed by atoms with Crippen molar-refractivity contribution in [3.63, 3.8) is 0 Å². The molecule has 1 rings (SSSR count). The number of hydrogen-bond acceptors (Lipinski definition) is 3. The molecule has 0 aliphatic carbocycles. The van der Waals surface area contributed by atoms with Crippen molar-refractivity contribution in [2.75, 3.05) is 20.6 Å². The number of allylic oxidation sites excluding steroid dienone is 6. The first-order valence-corrected chi connectivity index (χ1v) is 15.3. The lowest BCUT2D eigenvalue weighted by atomic mass is 9.97. The fraction of sp³-hybridized carbons (Fsp3) is 0.556. The van der Waals surface area contributed by atoms with Crippen LogP contribution in [0.2, 0.25) is 0 Å². The molecule has 0 bridgehead atoms. The van der Waals surface area contributed by atoms with E-state index < -0.39 is 0 Å². The molecule has 3 heteroatoms. The lowest BCUT2D eigenvalue weighted by molar-refractivity contribution is 0.438. The molecule has 1 aromatic rings. The summed E-state index contributed by atoms with van der Waals surface area (Å²) in [6.07, 6.45) is 14.9. The number of benzene rings is 1. The molecule has 0 aromatic heterocycles. The molecule has 0 radical (unpaired) electrons. The van der Waals surface area contributed by atoms with Gasteiger partial charge in [0.1, 0.15) is 0 Å². The third kappa shape index (κ3) is 17.6. The monoisotopic (exact) mass is 538 g/mol. The molecular weight excluding hydrogens is 474 g/mol. The van der Waals surface area contributed by atoms with Crippen LogP contribution in [-0.4, -0.2) is 32.1 Å². The van der Waals surface area contributed by atoms with Crippen LogP contribution in [0.25, 0.3) is 5.57 Å². The van der Waals surface area contributed by atoms with Crippen LogP contribution in [0.5, 0.6) is 0 Å². The van der Waals surface area contributed by atoms with Gasteiger partial charge in [0.05, 0.1) is 5.71 Å². The summed E-state index contributed by atoms with van der Waals surface area (Å²) >= 11 is 0. The molecule has 0 saturated heterocycles. The standard InChI is InChI=1S/C23H31N3.C9H20.2C2H6/c1-8-12-23(25-7)22(10-3)18(5)26-17(4)20-13-11-14-21(15-20)19(9-2)16-24-6;1-4-7-8-9(5-2)6-3;2*1-2/h8-15,24H,3,16H2,1-2,4-7H3;9H,4-8H2,1-3H3;2*1-2H3/b12-8-,19-9+,22-18+,25-23?,26-17?;;;. The molecule has 0 unspecified atom stereocenters. The average Bonchev–Trinajstić information content (AvgIpc) is 2.98. The third-order valence-electron chi connectivity index (χ3n) is 6.26. The van der Waals surface area contributed by atoms with Crippen molar-refractivity contribution in [3.8, 4) is 0 Å². The quantitative estimate of drug-likeness (QED) is 0.197. The zero-order valence-corrected chi connectivity index (χ0v) is 28.0. The van der Waals surface area contributed by atoms with E-state index in [1.807, 2.05) is 73.7 Å². The summed E-state index contributed by atoms with van der Waals surface area (Å²) in [6.45, 7) is 27.7. The number of unbranched alkanes of at least 4 members (excludes halogenated alkanes) is 1. The second-order valence-electron chi connectivity index (χ2n) is 8.76. The molecule has 1 N–H and O–H groups in total. The van der Waals surface area contributed by atoms with Crippen molar-refractivity contribution >= 4 is 17.0 Å². The Morgan fingerprint density at radius 1 is 1.00 bits per heavy atom. The van der Waals surface area contributed by atoms with Crippen LogP contribution >= 0.6 is 0 Å². The van der Waals surface area contributed by atoms with Gasteiger partial charge in [0, 0.05) is 30.6 Å². The molecule has 3 nitrogen and oxygen atoms in total. The number of rotatable bonds is 13. The largest absolute Gasteiger partial charge is 0.316 e. The molecule has 0 aliphatic heterocycles. The van der Waals surface area contributed by atoms with E-state index in [0.717, 1.165) is 40.7 Å². The van der Waals surface area contributed by atoms with Gasteiger partial charge in [-0.15, -0.1) is 0 Å². The summed E-state index contributed by atoms with van der Waals surface area (Å²) in [4.78, 5) is 9.15. The maximum absolute atomic E-state index is 4.82. The van der Waals surface area contributed by atoms with Gasteiger partial charge in [-0.25, -0.2) is 0 Å². The third-order valence-corrected chi connectivity index (χ3v) is 6.26. The molecule has 0 fully saturated rings. The van der Waals surface area contributed by atoms with E-state index in [0.29, 0.717) is 0 Å². The first-order valence-electron chi connectivity index (χ1n) is 15.3. The number of hydrogen-bond donors (Lipinski definition) is 1. The van der Waals surface area contributed by atoms with Crippen LogP contribution in [0, 0.1) is 5.92 Å². The topological polar surface area (TPSA) is 36.8 Å². The predicted octanol–water partition coefficient (Wildman–Crippen LogP) is 10.9. The van der Waals surface area contributed by atoms with Crippen LogP contribution in [0.3, 0.4) is 0 Å². The molecule has 0 spiro atoms. The Hall–Kier alpha value is -2.52. The van der Waals surface area contributed by atoms with E-state index >= 15 is 0 Å². The Kier molecular flexibility index (Phi) is 29.9. The Morgan fingerprint density at radius 2 is 1.59 bits per heavy atom. The van der Waals surface area contributed by atoms with Gasteiger partial charge in [0.15, 0.2) is 0 Å². The summed E-state index contributed by atoms with van der Waals surface area (Å²) in [7, 11) is 3.75. The van der Waals surface area contributed by atoms with E-state index in [1.165, 1.54) is 43.2 Å². The molecule has 0 atom stereocenters. The van der Waals surface area contributed by atoms with Crippen LogP contribution in [0.15, 0.2) is 76.4 Å². The summed E-state index contributed by atoms with van der Waals surface area (Å²) in [5.74, 6) is 1.00. The molecule has 0 amide bonds. The molecule has 0 heterocycles. The normalized spacial score (nSPS) is 12.5. The Morgan fingerprint density at radius 3 is 2.03 bits per heavy atom. The zero-order valence-electron chi connectivity index (χ0n) is 28.0. The Balaban J connectivity index is -0.000000835. The molecule has 39 heavy (non-hydrogen) atoms. The maximum Gasteiger partial charge on any atom is 0.0657 e. The van der Waals surface area contributed by atoms with Gasteiger partial charge in [0.25, 0.3) is 0 Å². The summed E-state index contributed by atoms with van der Waals surface area (Å²) in [6, 6.07) is 8.49. The van der Waals surface area contributed by atoms with Crippen LogP contribution in [0.4, 0.5) is 0 Å². The van der Waals surface area contributed by atoms with Crippen molar-refractivity contribution in [2.24, 2.45) is 15.9 Å². The smallest absolute Gasteiger partial charge is 0.0657 e. The maximum atomic E-state index is 4.82. The van der Waals surface area contributed by atoms with E-state index in [4.69, 9.17) is 4.99 Å². The first-order chi connectivity index (χ1) is 18.9. The number of nitrogens with zero attached hydrogens (tertiary/aromatic N) is 2. The minimum absolute atomic E-state index is 0.843. The highest BCUT2D eigenvalue weighted by Gasteiger charge is 2.07. The SMILES string of the molecule is C=C/C(C(/C=C\C)=NC)=C(/C)N=C(C)c1cccc(/C(=C/C)CNC)c1.CC.CC.CCCCC(CC)CC. The van der Waals surface area contributed by atoms with Crippen molar-refractivity contribution in [3.05, 3.63) is 77.5 Å². The second-order valence-corrected chi connectivity index (χ2v) is 8.76. The lowest BCUT2D eigenvalue weighted by Crippen LogP contribution is -2.10. The lowest BCUT2D eigenvalue weighted by Gasteiger charge is -2.10. The summed E-state index contributed by atoms with van der Waals surface area (Å²) in [5, 5.41) is 3.21. The number of likely N-dealkylation sites (N-methyl/N-ethyl adjacent to an activating group) is 1. The molecule has 222 valence electrons. The minimum atomic E-state index is 0.843. The van der Waals surface area contributed by atoms with Gasteiger partial charge in [-0.1, -0.05) is 124 Å². The summed E-state index contributed by atoms with van der Waals surface area (Å²) < 4.78 is 0. The second kappa shape index (κ2) is 28.5. The first kappa shape index (κ1) is 41.0. The zero-order chi connectivity index (χ0) is 30.6. The van der Waals surface area contributed by atoms with Crippen molar-refractivity contribution in [1.29, 1.82) is 0 Å². The summed E-state index contributed by atoms with van der Waals surface area (Å²) in [5.41, 5.74) is 7.31. The van der Waals surface area contributed by atoms with E-state index in [9.17, 15) is 0 Å². The molecular formula is C36H63N3. The highest BCUT2D eigenvalue weighted by Crippen LogP contribution is 2.18. The van der Waals surface area contributed by atoms with Crippen molar-refractivity contribution in [1.82, 2.24) is 5.32 Å².